The van der Waals surface area contributed by atoms with Crippen LogP contribution < -0.4 is 5.32 Å². The van der Waals surface area contributed by atoms with Gasteiger partial charge in [-0.25, -0.2) is 0 Å². The van der Waals surface area contributed by atoms with Crippen molar-refractivity contribution in [2.45, 2.75) is 6.92 Å². The summed E-state index contributed by atoms with van der Waals surface area (Å²) in [5.41, 5.74) is 1.59. The van der Waals surface area contributed by atoms with Gasteiger partial charge in [0.15, 0.2) is 11.0 Å². The van der Waals surface area contributed by atoms with E-state index in [-0.39, 0.29) is 0 Å². The first-order chi connectivity index (χ1) is 10.1. The van der Waals surface area contributed by atoms with Crippen LogP contribution in [0, 0.1) is 6.92 Å². The van der Waals surface area contributed by atoms with E-state index in [1.54, 1.807) is 12.1 Å². The van der Waals surface area contributed by atoms with Crippen LogP contribution in [-0.2, 0) is 0 Å². The van der Waals surface area contributed by atoms with E-state index in [1.807, 2.05) is 31.2 Å². The van der Waals surface area contributed by atoms with Crippen molar-refractivity contribution in [1.29, 1.82) is 0 Å². The average Bonchev–Trinajstić information content (AvgIpc) is 2.48. The monoisotopic (exact) mass is 337 g/mol. The predicted molar refractivity (Wildman–Crippen MR) is 89.0 cm³/mol. The van der Waals surface area contributed by atoms with E-state index in [2.05, 4.69) is 15.5 Å². The maximum absolute atomic E-state index is 6.24. The molecule has 2 aromatic carbocycles. The standard InChI is InChI=1S/C15H10Cl3N3/c1-8-6-12(17)13(7-11(8)16)19-15-10-5-3-2-4-9(10)14(18)20-21-15/h2-7H,1H3,(H,19,21). The van der Waals surface area contributed by atoms with Gasteiger partial charge in [-0.15, -0.1) is 10.2 Å². The highest BCUT2D eigenvalue weighted by atomic mass is 35.5. The summed E-state index contributed by atoms with van der Waals surface area (Å²) in [5.74, 6) is 0.580. The molecular formula is C15H10Cl3N3. The number of aryl methyl sites for hydroxylation is 1. The molecule has 0 amide bonds. The summed E-state index contributed by atoms with van der Waals surface area (Å²) in [5, 5.41) is 14.5. The lowest BCUT2D eigenvalue weighted by atomic mass is 10.2. The summed E-state index contributed by atoms with van der Waals surface area (Å²) >= 11 is 18.4. The van der Waals surface area contributed by atoms with Crippen LogP contribution in [0.4, 0.5) is 11.5 Å². The first-order valence-electron chi connectivity index (χ1n) is 6.20. The molecule has 106 valence electrons. The highest BCUT2D eigenvalue weighted by Gasteiger charge is 2.10. The summed E-state index contributed by atoms with van der Waals surface area (Å²) in [6, 6.07) is 11.2. The molecule has 21 heavy (non-hydrogen) atoms. The van der Waals surface area contributed by atoms with Crippen molar-refractivity contribution in [2.24, 2.45) is 0 Å². The lowest BCUT2D eigenvalue weighted by molar-refractivity contribution is 1.05. The molecule has 0 aliphatic carbocycles. The molecule has 1 heterocycles. The lowest BCUT2D eigenvalue weighted by Gasteiger charge is -2.11. The second-order valence-electron chi connectivity index (χ2n) is 4.59. The molecule has 0 aliphatic heterocycles. The van der Waals surface area contributed by atoms with Crippen LogP contribution in [0.3, 0.4) is 0 Å². The second-order valence-corrected chi connectivity index (χ2v) is 5.76. The Morgan fingerprint density at radius 2 is 1.62 bits per heavy atom. The van der Waals surface area contributed by atoms with Gasteiger partial charge in [-0.2, -0.15) is 0 Å². The van der Waals surface area contributed by atoms with Crippen molar-refractivity contribution in [1.82, 2.24) is 10.2 Å². The van der Waals surface area contributed by atoms with Gasteiger partial charge in [-0.05, 0) is 24.6 Å². The number of aromatic nitrogens is 2. The number of halogens is 3. The fourth-order valence-electron chi connectivity index (χ4n) is 2.03. The third kappa shape index (κ3) is 2.77. The van der Waals surface area contributed by atoms with Gasteiger partial charge >= 0.3 is 0 Å². The van der Waals surface area contributed by atoms with E-state index in [9.17, 15) is 0 Å². The summed E-state index contributed by atoms with van der Waals surface area (Å²) in [6.07, 6.45) is 0. The Morgan fingerprint density at radius 1 is 0.905 bits per heavy atom. The van der Waals surface area contributed by atoms with Crippen molar-refractivity contribution >= 4 is 57.1 Å². The number of fused-ring (bicyclic) bond motifs is 1. The molecule has 0 bridgehead atoms. The zero-order valence-electron chi connectivity index (χ0n) is 11.0. The number of nitrogens with zero attached hydrogens (tertiary/aromatic N) is 2. The number of rotatable bonds is 2. The molecule has 0 aliphatic rings. The van der Waals surface area contributed by atoms with Crippen LogP contribution >= 0.6 is 34.8 Å². The smallest absolute Gasteiger partial charge is 0.161 e. The summed E-state index contributed by atoms with van der Waals surface area (Å²) in [7, 11) is 0. The normalized spacial score (nSPS) is 10.9. The number of anilines is 2. The molecule has 3 nitrogen and oxygen atoms in total. The van der Waals surface area contributed by atoms with Gasteiger partial charge < -0.3 is 5.32 Å². The molecule has 0 radical (unpaired) electrons. The topological polar surface area (TPSA) is 37.8 Å². The molecule has 0 unspecified atom stereocenters. The van der Waals surface area contributed by atoms with Crippen LogP contribution in [0.1, 0.15) is 5.56 Å². The minimum atomic E-state index is 0.365. The van der Waals surface area contributed by atoms with Crippen LogP contribution in [0.15, 0.2) is 36.4 Å². The molecule has 1 aromatic heterocycles. The van der Waals surface area contributed by atoms with Crippen molar-refractivity contribution in [3.05, 3.63) is 57.2 Å². The maximum Gasteiger partial charge on any atom is 0.161 e. The lowest BCUT2D eigenvalue weighted by Crippen LogP contribution is -1.98. The Balaban J connectivity index is 2.11. The van der Waals surface area contributed by atoms with Gasteiger partial charge in [-0.3, -0.25) is 0 Å². The summed E-state index contributed by atoms with van der Waals surface area (Å²) < 4.78 is 0. The molecule has 1 N–H and O–H groups in total. The van der Waals surface area contributed by atoms with Crippen molar-refractivity contribution in [3.63, 3.8) is 0 Å². The van der Waals surface area contributed by atoms with Crippen LogP contribution in [0.25, 0.3) is 10.8 Å². The third-order valence-corrected chi connectivity index (χ3v) is 4.14. The minimum Gasteiger partial charge on any atom is -0.337 e. The quantitative estimate of drug-likeness (QED) is 0.657. The number of hydrogen-bond acceptors (Lipinski definition) is 3. The second kappa shape index (κ2) is 5.68. The van der Waals surface area contributed by atoms with Crippen LogP contribution in [0.2, 0.25) is 15.2 Å². The third-order valence-electron chi connectivity index (χ3n) is 3.14. The molecule has 3 rings (SSSR count). The Bertz CT molecular complexity index is 834. The molecule has 6 heteroatoms. The van der Waals surface area contributed by atoms with Gasteiger partial charge in [0.1, 0.15) is 0 Å². The minimum absolute atomic E-state index is 0.365. The molecular weight excluding hydrogens is 329 g/mol. The van der Waals surface area contributed by atoms with Crippen molar-refractivity contribution < 1.29 is 0 Å². The average molecular weight is 339 g/mol. The first kappa shape index (κ1) is 14.4. The summed E-state index contributed by atoms with van der Waals surface area (Å²) in [4.78, 5) is 0. The van der Waals surface area contributed by atoms with Gasteiger partial charge in [-0.1, -0.05) is 59.1 Å². The van der Waals surface area contributed by atoms with Gasteiger partial charge in [0.2, 0.25) is 0 Å². The highest BCUT2D eigenvalue weighted by molar-refractivity contribution is 6.36. The Morgan fingerprint density at radius 3 is 2.38 bits per heavy atom. The number of benzene rings is 2. The largest absolute Gasteiger partial charge is 0.337 e. The van der Waals surface area contributed by atoms with Crippen LogP contribution in [0.5, 0.6) is 0 Å². The van der Waals surface area contributed by atoms with Crippen molar-refractivity contribution in [3.8, 4) is 0 Å². The Labute approximate surface area is 136 Å². The maximum atomic E-state index is 6.24. The van der Waals surface area contributed by atoms with Crippen LogP contribution in [-0.4, -0.2) is 10.2 Å². The fourth-order valence-corrected chi connectivity index (χ4v) is 2.66. The van der Waals surface area contributed by atoms with Gasteiger partial charge in [0.25, 0.3) is 0 Å². The molecule has 0 atom stereocenters. The molecule has 0 saturated heterocycles. The predicted octanol–water partition coefficient (Wildman–Crippen LogP) is 5.64. The number of hydrogen-bond donors (Lipinski definition) is 1. The Hall–Kier alpha value is -1.55. The summed E-state index contributed by atoms with van der Waals surface area (Å²) in [6.45, 7) is 1.90. The van der Waals surface area contributed by atoms with E-state index < -0.39 is 0 Å². The van der Waals surface area contributed by atoms with E-state index in [4.69, 9.17) is 34.8 Å². The Kier molecular flexibility index (Phi) is 3.89. The van der Waals surface area contributed by atoms with Gasteiger partial charge in [0, 0.05) is 15.8 Å². The van der Waals surface area contributed by atoms with E-state index >= 15 is 0 Å². The molecule has 3 aromatic rings. The van der Waals surface area contributed by atoms with Crippen molar-refractivity contribution in [2.75, 3.05) is 5.32 Å². The zero-order valence-corrected chi connectivity index (χ0v) is 13.3. The van der Waals surface area contributed by atoms with E-state index in [1.165, 1.54) is 0 Å². The SMILES string of the molecule is Cc1cc(Cl)c(Nc2nnc(Cl)c3ccccc23)cc1Cl. The molecule has 0 saturated carbocycles. The highest BCUT2D eigenvalue weighted by Crippen LogP contribution is 2.33. The fraction of sp³-hybridized carbons (Fsp3) is 0.0667. The van der Waals surface area contributed by atoms with E-state index in [0.717, 1.165) is 16.3 Å². The zero-order chi connectivity index (χ0) is 15.0. The molecule has 0 spiro atoms. The van der Waals surface area contributed by atoms with Gasteiger partial charge in [0.05, 0.1) is 10.7 Å². The molecule has 0 fully saturated rings. The van der Waals surface area contributed by atoms with E-state index in [0.29, 0.717) is 26.7 Å². The number of nitrogens with one attached hydrogen (secondary N) is 1. The first-order valence-corrected chi connectivity index (χ1v) is 7.33.